The predicted octanol–water partition coefficient (Wildman–Crippen LogP) is 12.8. The molecule has 7 rings (SSSR count). The molecule has 1 aliphatic rings. The zero-order valence-electron chi connectivity index (χ0n) is 47.5. The van der Waals surface area contributed by atoms with Crippen LogP contribution in [-0.2, 0) is 92.6 Å². The first-order valence-corrected chi connectivity index (χ1v) is 26.7. The summed E-state index contributed by atoms with van der Waals surface area (Å²) in [6.45, 7) is 25.8. The second-order valence-corrected chi connectivity index (χ2v) is 25.2. The molecule has 0 fully saturated rings. The Labute approximate surface area is 452 Å². The van der Waals surface area contributed by atoms with Crippen molar-refractivity contribution in [2.24, 2.45) is 0 Å². The maximum Gasteiger partial charge on any atom is 0.323 e. The molecule has 6 aromatic carbocycles. The zero-order chi connectivity index (χ0) is 55.7. The minimum atomic E-state index is -0.851. The monoisotopic (exact) mass is 1030 g/mol. The quantitative estimate of drug-likeness (QED) is 0.109. The van der Waals surface area contributed by atoms with Gasteiger partial charge in [0.25, 0.3) is 0 Å². The molecule has 8 bridgehead atoms. The fourth-order valence-corrected chi connectivity index (χ4v) is 10.3. The van der Waals surface area contributed by atoms with Crippen LogP contribution in [0, 0.1) is 0 Å². The van der Waals surface area contributed by atoms with Gasteiger partial charge in [-0.15, -0.1) is 0 Å². The van der Waals surface area contributed by atoms with Gasteiger partial charge in [-0.2, -0.15) is 0 Å². The smallest absolute Gasteiger partial charge is 0.323 e. The molecule has 10 nitrogen and oxygen atoms in total. The van der Waals surface area contributed by atoms with E-state index in [1.54, 1.807) is 0 Å². The number of benzene rings is 6. The lowest BCUT2D eigenvalue weighted by molar-refractivity contribution is -0.148. The van der Waals surface area contributed by atoms with Crippen molar-refractivity contribution in [1.82, 2.24) is 9.80 Å². The molecule has 10 heteroatoms. The molecule has 404 valence electrons. The first kappa shape index (κ1) is 57.1. The van der Waals surface area contributed by atoms with Gasteiger partial charge in [0.1, 0.15) is 35.1 Å². The lowest BCUT2D eigenvalue weighted by Crippen LogP contribution is -2.43. The van der Waals surface area contributed by atoms with Crippen molar-refractivity contribution in [1.29, 1.82) is 0 Å². The average Bonchev–Trinajstić information content (AvgIpc) is 3.34. The Hall–Kier alpha value is -6.62. The molecule has 1 aliphatic heterocycles. The highest BCUT2D eigenvalue weighted by Crippen LogP contribution is 2.42. The van der Waals surface area contributed by atoms with E-state index < -0.39 is 24.0 Å². The largest absolute Gasteiger partial charge is 0.507 e. The summed E-state index contributed by atoms with van der Waals surface area (Å²) in [6, 6.07) is 33.9. The Bertz CT molecular complexity index is 2690. The lowest BCUT2D eigenvalue weighted by Gasteiger charge is -2.33. The van der Waals surface area contributed by atoms with Gasteiger partial charge >= 0.3 is 11.9 Å². The summed E-state index contributed by atoms with van der Waals surface area (Å²) >= 11 is 0. The minimum Gasteiger partial charge on any atom is -0.507 e. The maximum absolute atomic E-state index is 14.3. The van der Waals surface area contributed by atoms with Crippen LogP contribution in [0.15, 0.2) is 109 Å². The number of rotatable bonds is 8. The van der Waals surface area contributed by atoms with E-state index >= 15 is 0 Å². The molecule has 2 atom stereocenters. The molecule has 0 aromatic heterocycles. The summed E-state index contributed by atoms with van der Waals surface area (Å²) in [4.78, 5) is 32.6. The highest BCUT2D eigenvalue weighted by Gasteiger charge is 2.34. The van der Waals surface area contributed by atoms with Gasteiger partial charge in [-0.3, -0.25) is 19.4 Å². The van der Waals surface area contributed by atoms with E-state index in [9.17, 15) is 30.0 Å². The SMILES string of the molecule is COC(=O)C(Cc1ccccc1)N1Cc2cc(C(C)(C)C)cc(c2O)Cc2cc(C(C)(C)C)cc(c2O)CN(C(Cc2ccccc2)C(=O)OC)Cc2cc(C(C)(C)C)cc(c2O)Cc2cc(C(C)(C)C)cc(c2O)C1. The van der Waals surface area contributed by atoms with Gasteiger partial charge in [0.05, 0.1) is 14.2 Å². The van der Waals surface area contributed by atoms with Crippen LogP contribution in [0.25, 0.3) is 0 Å². The van der Waals surface area contributed by atoms with E-state index in [1.807, 2.05) is 119 Å². The van der Waals surface area contributed by atoms with E-state index in [4.69, 9.17) is 9.47 Å². The predicted molar refractivity (Wildman–Crippen MR) is 303 cm³/mol. The van der Waals surface area contributed by atoms with Gasteiger partial charge in [0.15, 0.2) is 0 Å². The standard InChI is InChI=1S/C66H82N2O8/c1-63(2,3)51-29-43-27-44-30-52(64(4,5)6)35-49(58(44)70)39-68(56(62(74)76-14)26-42-23-19-16-20-24-42)40-50-36-54(66(10,11)12)32-46(60(50)72)28-45-31-53(65(7,8)9)34-48(59(45)71)38-67(37-47(33-51)57(43)69)55(61(73)75-13)25-41-21-17-15-18-22-41/h15-24,29-36,55-56,69-72H,25-28,37-40H2,1-14H3. The minimum absolute atomic E-state index is 0.0325. The third kappa shape index (κ3) is 13.3. The molecule has 0 saturated carbocycles. The molecule has 0 radical (unpaired) electrons. The molecular formula is C66H82N2O8. The molecule has 0 amide bonds. The first-order valence-electron chi connectivity index (χ1n) is 26.7. The number of aromatic hydroxyl groups is 4. The van der Waals surface area contributed by atoms with Crippen molar-refractivity contribution in [3.05, 3.63) is 187 Å². The van der Waals surface area contributed by atoms with Gasteiger partial charge in [-0.1, -0.05) is 192 Å². The van der Waals surface area contributed by atoms with Crippen molar-refractivity contribution < 1.29 is 39.5 Å². The number of esters is 2. The van der Waals surface area contributed by atoms with Gasteiger partial charge in [0.2, 0.25) is 0 Å². The second-order valence-electron chi connectivity index (χ2n) is 25.2. The molecule has 0 spiro atoms. The van der Waals surface area contributed by atoms with Gasteiger partial charge in [-0.25, -0.2) is 0 Å². The van der Waals surface area contributed by atoms with Crippen molar-refractivity contribution >= 4 is 11.9 Å². The van der Waals surface area contributed by atoms with Crippen LogP contribution in [0.3, 0.4) is 0 Å². The number of hydrogen-bond acceptors (Lipinski definition) is 10. The molecule has 0 aliphatic carbocycles. The van der Waals surface area contributed by atoms with Gasteiger partial charge in [0, 0.05) is 61.3 Å². The van der Waals surface area contributed by atoms with E-state index in [0.29, 0.717) is 57.3 Å². The number of ether oxygens (including phenoxy) is 2. The second kappa shape index (κ2) is 22.5. The summed E-state index contributed by atoms with van der Waals surface area (Å²) in [6.07, 6.45) is 0.878. The summed E-state index contributed by atoms with van der Waals surface area (Å²) in [5.41, 5.74) is 8.74. The first-order chi connectivity index (χ1) is 35.5. The van der Waals surface area contributed by atoms with Gasteiger partial charge in [-0.05, 0) is 90.1 Å². The van der Waals surface area contributed by atoms with E-state index in [0.717, 1.165) is 33.4 Å². The number of carbonyl (C=O) groups is 2. The number of carbonyl (C=O) groups excluding carboxylic acids is 2. The third-order valence-electron chi connectivity index (χ3n) is 15.2. The number of hydrogen-bond donors (Lipinski definition) is 4. The van der Waals surface area contributed by atoms with Crippen LogP contribution in [0.2, 0.25) is 0 Å². The van der Waals surface area contributed by atoms with Crippen LogP contribution in [0.5, 0.6) is 23.0 Å². The number of nitrogens with zero attached hydrogens (tertiary/aromatic N) is 2. The fourth-order valence-electron chi connectivity index (χ4n) is 10.3. The van der Waals surface area contributed by atoms with Crippen molar-refractivity contribution in [3.63, 3.8) is 0 Å². The summed E-state index contributed by atoms with van der Waals surface area (Å²) < 4.78 is 11.2. The Morgan fingerprint density at radius 3 is 0.842 bits per heavy atom. The Balaban J connectivity index is 1.57. The number of phenolic OH excluding ortho intramolecular Hbond substituents is 4. The van der Waals surface area contributed by atoms with Crippen LogP contribution >= 0.6 is 0 Å². The Kier molecular flexibility index (Phi) is 16.9. The normalized spacial score (nSPS) is 15.1. The van der Waals surface area contributed by atoms with E-state index in [1.165, 1.54) is 14.2 Å². The number of phenols is 4. The Morgan fingerprint density at radius 2 is 0.632 bits per heavy atom. The van der Waals surface area contributed by atoms with Crippen LogP contribution in [-0.4, -0.2) is 68.5 Å². The maximum atomic E-state index is 14.3. The molecule has 76 heavy (non-hydrogen) atoms. The van der Waals surface area contributed by atoms with E-state index in [-0.39, 0.29) is 83.7 Å². The molecule has 6 aromatic rings. The zero-order valence-corrected chi connectivity index (χ0v) is 47.5. The van der Waals surface area contributed by atoms with Crippen LogP contribution in [0.4, 0.5) is 0 Å². The van der Waals surface area contributed by atoms with Crippen molar-refractivity contribution in [3.8, 4) is 23.0 Å². The third-order valence-corrected chi connectivity index (χ3v) is 15.2. The van der Waals surface area contributed by atoms with Crippen molar-refractivity contribution in [2.75, 3.05) is 14.2 Å². The molecule has 2 unspecified atom stereocenters. The average molecular weight is 1030 g/mol. The summed E-state index contributed by atoms with van der Waals surface area (Å²) in [5.74, 6) is -0.793. The lowest BCUT2D eigenvalue weighted by atomic mass is 9.81. The summed E-state index contributed by atoms with van der Waals surface area (Å²) in [5, 5.41) is 51.0. The molecule has 0 saturated heterocycles. The molecule has 1 heterocycles. The van der Waals surface area contributed by atoms with Crippen LogP contribution < -0.4 is 0 Å². The topological polar surface area (TPSA) is 140 Å². The number of methoxy groups -OCH3 is 2. The summed E-state index contributed by atoms with van der Waals surface area (Å²) in [7, 11) is 2.77. The Morgan fingerprint density at radius 1 is 0.408 bits per heavy atom. The fraction of sp³-hybridized carbons (Fsp3) is 0.424. The van der Waals surface area contributed by atoms with Crippen LogP contribution in [0.1, 0.15) is 161 Å². The molecular weight excluding hydrogens is 949 g/mol. The molecule has 4 N–H and O–H groups in total. The van der Waals surface area contributed by atoms with Crippen molar-refractivity contribution in [2.45, 2.75) is 169 Å². The van der Waals surface area contributed by atoms with E-state index in [2.05, 4.69) is 83.1 Å². The highest BCUT2D eigenvalue weighted by atomic mass is 16.5. The number of fused-ring (bicyclic) bond motifs is 8. The van der Waals surface area contributed by atoms with Gasteiger partial charge < -0.3 is 29.9 Å². The highest BCUT2D eigenvalue weighted by molar-refractivity contribution is 5.77.